The number of methoxy groups -OCH3 is 1. The number of halogens is 1. The van der Waals surface area contributed by atoms with Crippen molar-refractivity contribution in [3.8, 4) is 5.75 Å². The number of nitrogens with one attached hydrogen (secondary N) is 1. The van der Waals surface area contributed by atoms with Crippen LogP contribution in [0.1, 0.15) is 5.56 Å². The van der Waals surface area contributed by atoms with E-state index in [-0.39, 0.29) is 11.1 Å². The minimum Gasteiger partial charge on any atom is -0.494 e. The molecule has 0 aliphatic heterocycles. The van der Waals surface area contributed by atoms with Gasteiger partial charge in [0.25, 0.3) is 11.1 Å². The Bertz CT molecular complexity index is 876. The molecule has 0 saturated carbocycles. The molecule has 2 heterocycles. The normalized spacial score (nSPS) is 9.75. The molecule has 2 aromatic heterocycles. The highest BCUT2D eigenvalue weighted by Crippen LogP contribution is 2.18. The van der Waals surface area contributed by atoms with E-state index < -0.39 is 0 Å². The Labute approximate surface area is 146 Å². The first-order chi connectivity index (χ1) is 11.6. The van der Waals surface area contributed by atoms with Crippen LogP contribution in [0.4, 0.5) is 0 Å². The van der Waals surface area contributed by atoms with Crippen LogP contribution in [0, 0.1) is 0 Å². The average molecular weight is 391 g/mol. The number of rotatable bonds is 3. The van der Waals surface area contributed by atoms with E-state index in [1.54, 1.807) is 6.07 Å². The lowest BCUT2D eigenvalue weighted by Crippen LogP contribution is -2.24. The van der Waals surface area contributed by atoms with Crippen LogP contribution in [0.5, 0.6) is 5.75 Å². The number of nitrogens with zero attached hydrogens (tertiary/aromatic N) is 3. The van der Waals surface area contributed by atoms with Crippen molar-refractivity contribution >= 4 is 15.9 Å². The molecule has 0 fully saturated rings. The van der Waals surface area contributed by atoms with Gasteiger partial charge in [0.2, 0.25) is 0 Å². The van der Waals surface area contributed by atoms with Crippen LogP contribution in [0.2, 0.25) is 0 Å². The van der Waals surface area contributed by atoms with Gasteiger partial charge in [-0.25, -0.2) is 9.78 Å². The van der Waals surface area contributed by atoms with Crippen molar-refractivity contribution in [1.29, 1.82) is 0 Å². The second kappa shape index (κ2) is 8.78. The molecule has 0 saturated heterocycles. The zero-order valence-corrected chi connectivity index (χ0v) is 14.4. The van der Waals surface area contributed by atoms with Gasteiger partial charge in [-0.2, -0.15) is 10.2 Å². The second-order valence-electron chi connectivity index (χ2n) is 4.59. The quantitative estimate of drug-likeness (QED) is 0.736. The lowest BCUT2D eigenvalue weighted by atomic mass is 10.2. The molecule has 7 nitrogen and oxygen atoms in total. The predicted octanol–water partition coefficient (Wildman–Crippen LogP) is 1.83. The molecule has 0 bridgehead atoms. The average Bonchev–Trinajstić information content (AvgIpc) is 2.61. The van der Waals surface area contributed by atoms with Crippen molar-refractivity contribution in [2.24, 2.45) is 0 Å². The Kier molecular flexibility index (Phi) is 6.44. The fourth-order valence-corrected chi connectivity index (χ4v) is 2.24. The Balaban J connectivity index is 0.000000249. The summed E-state index contributed by atoms with van der Waals surface area (Å²) in [6.45, 7) is 0.447. The lowest BCUT2D eigenvalue weighted by Gasteiger charge is -2.07. The minimum absolute atomic E-state index is 0.164. The van der Waals surface area contributed by atoms with Crippen molar-refractivity contribution in [3.63, 3.8) is 0 Å². The van der Waals surface area contributed by atoms with Crippen molar-refractivity contribution in [2.45, 2.75) is 6.54 Å². The van der Waals surface area contributed by atoms with Crippen LogP contribution in [0.3, 0.4) is 0 Å². The number of H-pyrrole nitrogens is 1. The molecular weight excluding hydrogens is 376 g/mol. The summed E-state index contributed by atoms with van der Waals surface area (Å²) >= 11 is 3.21. The van der Waals surface area contributed by atoms with E-state index in [0.29, 0.717) is 16.8 Å². The van der Waals surface area contributed by atoms with Gasteiger partial charge in [-0.3, -0.25) is 9.59 Å². The van der Waals surface area contributed by atoms with Crippen LogP contribution in [-0.2, 0) is 6.54 Å². The zero-order chi connectivity index (χ0) is 17.4. The standard InChI is InChI=1S/C12H11BrN2O2.C4H4N2O/c1-17-10-7-14-15(12(16)11(10)13)8-9-5-3-2-4-6-9;7-4-2-1-3-5-6-4/h2-7H,8H2,1H3;1-3H,(H,6,7). The molecule has 3 aromatic rings. The van der Waals surface area contributed by atoms with Gasteiger partial charge in [0.05, 0.1) is 19.9 Å². The molecule has 3 rings (SSSR count). The fraction of sp³-hybridized carbons (Fsp3) is 0.125. The first-order valence-corrected chi connectivity index (χ1v) is 7.74. The molecule has 1 N–H and O–H groups in total. The van der Waals surface area contributed by atoms with Gasteiger partial charge in [0.15, 0.2) is 5.75 Å². The molecule has 0 amide bonds. The highest BCUT2D eigenvalue weighted by Gasteiger charge is 2.08. The summed E-state index contributed by atoms with van der Waals surface area (Å²) in [6.07, 6.45) is 3.04. The van der Waals surface area contributed by atoms with Crippen LogP contribution >= 0.6 is 15.9 Å². The Hall–Kier alpha value is -2.74. The number of hydrogen-bond acceptors (Lipinski definition) is 5. The predicted molar refractivity (Wildman–Crippen MR) is 93.2 cm³/mol. The van der Waals surface area contributed by atoms with E-state index in [9.17, 15) is 9.59 Å². The zero-order valence-electron chi connectivity index (χ0n) is 12.8. The summed E-state index contributed by atoms with van der Waals surface area (Å²) < 4.78 is 6.79. The van der Waals surface area contributed by atoms with Crippen LogP contribution < -0.4 is 15.9 Å². The SMILES string of the molecule is COc1cnn(Cc2ccccc2)c(=O)c1Br.O=c1cccn[nH]1. The van der Waals surface area contributed by atoms with E-state index in [2.05, 4.69) is 31.2 Å². The Morgan fingerprint density at radius 1 is 1.17 bits per heavy atom. The fourth-order valence-electron chi connectivity index (χ4n) is 1.77. The third-order valence-corrected chi connectivity index (χ3v) is 3.66. The van der Waals surface area contributed by atoms with Crippen molar-refractivity contribution in [3.05, 3.63) is 85.6 Å². The van der Waals surface area contributed by atoms with Gasteiger partial charge in [-0.05, 0) is 27.6 Å². The van der Waals surface area contributed by atoms with E-state index in [4.69, 9.17) is 4.74 Å². The van der Waals surface area contributed by atoms with Crippen molar-refractivity contribution < 1.29 is 4.74 Å². The molecule has 0 atom stereocenters. The molecule has 124 valence electrons. The van der Waals surface area contributed by atoms with Crippen molar-refractivity contribution in [1.82, 2.24) is 20.0 Å². The van der Waals surface area contributed by atoms with E-state index in [1.165, 1.54) is 30.3 Å². The number of hydrogen-bond donors (Lipinski definition) is 1. The highest BCUT2D eigenvalue weighted by atomic mass is 79.9. The minimum atomic E-state index is -0.201. The largest absolute Gasteiger partial charge is 0.494 e. The summed E-state index contributed by atoms with van der Waals surface area (Å²) in [5.41, 5.74) is 0.662. The molecule has 0 radical (unpaired) electrons. The summed E-state index contributed by atoms with van der Waals surface area (Å²) in [5.74, 6) is 0.444. The number of aromatic amines is 1. The maximum Gasteiger partial charge on any atom is 0.285 e. The maximum absolute atomic E-state index is 11.9. The molecule has 0 aliphatic carbocycles. The molecule has 0 unspecified atom stereocenters. The van der Waals surface area contributed by atoms with Crippen LogP contribution in [0.15, 0.2) is 68.9 Å². The summed E-state index contributed by atoms with van der Waals surface area (Å²) in [7, 11) is 1.50. The van der Waals surface area contributed by atoms with E-state index in [0.717, 1.165) is 5.56 Å². The van der Waals surface area contributed by atoms with Gasteiger partial charge in [-0.1, -0.05) is 30.3 Å². The second-order valence-corrected chi connectivity index (χ2v) is 5.38. The Morgan fingerprint density at radius 3 is 2.46 bits per heavy atom. The number of ether oxygens (including phenoxy) is 1. The maximum atomic E-state index is 11.9. The van der Waals surface area contributed by atoms with Gasteiger partial charge < -0.3 is 4.74 Å². The number of benzene rings is 1. The molecule has 1 aromatic carbocycles. The highest BCUT2D eigenvalue weighted by molar-refractivity contribution is 9.10. The van der Waals surface area contributed by atoms with Gasteiger partial charge in [-0.15, -0.1) is 0 Å². The third kappa shape index (κ3) is 4.88. The monoisotopic (exact) mass is 390 g/mol. The molecule has 24 heavy (non-hydrogen) atoms. The topological polar surface area (TPSA) is 89.9 Å². The molecular formula is C16H15BrN4O3. The molecule has 8 heteroatoms. The van der Waals surface area contributed by atoms with Gasteiger partial charge in [0.1, 0.15) is 4.47 Å². The third-order valence-electron chi connectivity index (χ3n) is 2.93. The summed E-state index contributed by atoms with van der Waals surface area (Å²) in [5, 5.41) is 9.73. The van der Waals surface area contributed by atoms with Gasteiger partial charge >= 0.3 is 0 Å². The van der Waals surface area contributed by atoms with E-state index >= 15 is 0 Å². The smallest absolute Gasteiger partial charge is 0.285 e. The molecule has 0 spiro atoms. The first kappa shape index (κ1) is 17.6. The lowest BCUT2D eigenvalue weighted by molar-refractivity contribution is 0.403. The first-order valence-electron chi connectivity index (χ1n) is 6.95. The van der Waals surface area contributed by atoms with Crippen molar-refractivity contribution in [2.75, 3.05) is 7.11 Å². The summed E-state index contributed by atoms with van der Waals surface area (Å²) in [4.78, 5) is 22.1. The van der Waals surface area contributed by atoms with Gasteiger partial charge in [0, 0.05) is 12.3 Å². The van der Waals surface area contributed by atoms with Crippen LogP contribution in [0.25, 0.3) is 0 Å². The molecule has 0 aliphatic rings. The van der Waals surface area contributed by atoms with E-state index in [1.807, 2.05) is 30.3 Å². The van der Waals surface area contributed by atoms with Crippen LogP contribution in [-0.4, -0.2) is 27.1 Å². The number of aromatic nitrogens is 4. The summed E-state index contributed by atoms with van der Waals surface area (Å²) in [6, 6.07) is 12.7. The Morgan fingerprint density at radius 2 is 1.92 bits per heavy atom.